The molecule has 0 aliphatic rings. The van der Waals surface area contributed by atoms with Gasteiger partial charge in [-0.25, -0.2) is 9.37 Å². The number of nitrogens with zero attached hydrogens (tertiary/aromatic N) is 1. The third kappa shape index (κ3) is 2.90. The van der Waals surface area contributed by atoms with Crippen molar-refractivity contribution >= 4 is 15.7 Å². The quantitative estimate of drug-likeness (QED) is 0.855. The van der Waals surface area contributed by atoms with Crippen molar-refractivity contribution < 1.29 is 26.0 Å². The minimum absolute atomic E-state index is 0.213. The van der Waals surface area contributed by atoms with Gasteiger partial charge in [-0.2, -0.15) is 21.6 Å². The summed E-state index contributed by atoms with van der Waals surface area (Å²) in [5, 5.41) is -0.407. The summed E-state index contributed by atoms with van der Waals surface area (Å²) in [6.45, 7) is 0. The van der Waals surface area contributed by atoms with Gasteiger partial charge >= 0.3 is 6.18 Å². The van der Waals surface area contributed by atoms with Crippen molar-refractivity contribution in [2.75, 3.05) is 4.72 Å². The standard InChI is InChI=1S/C10H7F4N3O2S/c11-6-1-2-8(7(3-6)10(12,13)14)17-20(18,19)9-4-15-5-16-9/h1-5,17H,(H,15,16). The lowest BCUT2D eigenvalue weighted by Crippen LogP contribution is -2.17. The second-order valence-corrected chi connectivity index (χ2v) is 5.36. The Hall–Kier alpha value is -2.10. The van der Waals surface area contributed by atoms with Crippen LogP contribution in [0.1, 0.15) is 5.56 Å². The van der Waals surface area contributed by atoms with Gasteiger partial charge in [-0.05, 0) is 18.2 Å². The highest BCUT2D eigenvalue weighted by Crippen LogP contribution is 2.36. The first-order chi connectivity index (χ1) is 9.20. The maximum Gasteiger partial charge on any atom is 0.418 e. The Morgan fingerprint density at radius 2 is 1.95 bits per heavy atom. The maximum absolute atomic E-state index is 12.9. The van der Waals surface area contributed by atoms with Gasteiger partial charge in [0.1, 0.15) is 5.82 Å². The van der Waals surface area contributed by atoms with Crippen LogP contribution in [-0.2, 0) is 16.2 Å². The SMILES string of the molecule is O=S(=O)(Nc1ccc(F)cc1C(F)(F)F)c1cnc[nH]1. The number of hydrogen-bond acceptors (Lipinski definition) is 3. The first kappa shape index (κ1) is 14.3. The third-order valence-electron chi connectivity index (χ3n) is 2.29. The van der Waals surface area contributed by atoms with Crippen LogP contribution < -0.4 is 4.72 Å². The number of H-pyrrole nitrogens is 1. The van der Waals surface area contributed by atoms with Crippen molar-refractivity contribution in [2.45, 2.75) is 11.2 Å². The van der Waals surface area contributed by atoms with Crippen molar-refractivity contribution in [3.8, 4) is 0 Å². The molecule has 1 heterocycles. The van der Waals surface area contributed by atoms with Crippen molar-refractivity contribution in [2.24, 2.45) is 0 Å². The van der Waals surface area contributed by atoms with Gasteiger partial charge in [-0.15, -0.1) is 0 Å². The summed E-state index contributed by atoms with van der Waals surface area (Å²) in [7, 11) is -4.26. The van der Waals surface area contributed by atoms with E-state index in [2.05, 4.69) is 9.97 Å². The predicted octanol–water partition coefficient (Wildman–Crippen LogP) is 2.37. The number of anilines is 1. The summed E-state index contributed by atoms with van der Waals surface area (Å²) in [6, 6.07) is 1.64. The summed E-state index contributed by atoms with van der Waals surface area (Å²) >= 11 is 0. The highest BCUT2D eigenvalue weighted by atomic mass is 32.2. The van der Waals surface area contributed by atoms with Gasteiger partial charge in [0.15, 0.2) is 5.03 Å². The van der Waals surface area contributed by atoms with Gasteiger partial charge in [0.25, 0.3) is 10.0 Å². The first-order valence-corrected chi connectivity index (χ1v) is 6.56. The van der Waals surface area contributed by atoms with Crippen LogP contribution in [0.4, 0.5) is 23.2 Å². The van der Waals surface area contributed by atoms with E-state index < -0.39 is 38.3 Å². The summed E-state index contributed by atoms with van der Waals surface area (Å²) < 4.78 is 76.4. The summed E-state index contributed by atoms with van der Waals surface area (Å²) in [5.41, 5.74) is -2.19. The Labute approximate surface area is 110 Å². The van der Waals surface area contributed by atoms with Gasteiger partial charge in [0.05, 0.1) is 23.8 Å². The molecule has 0 spiro atoms. The number of sulfonamides is 1. The Morgan fingerprint density at radius 3 is 2.50 bits per heavy atom. The molecule has 10 heteroatoms. The van der Waals surface area contributed by atoms with E-state index in [-0.39, 0.29) is 6.07 Å². The zero-order valence-corrected chi connectivity index (χ0v) is 10.4. The molecule has 0 atom stereocenters. The fourth-order valence-electron chi connectivity index (χ4n) is 1.43. The van der Waals surface area contributed by atoms with Crippen LogP contribution in [0.2, 0.25) is 0 Å². The number of aromatic nitrogens is 2. The molecule has 0 aliphatic heterocycles. The molecule has 0 fully saturated rings. The topological polar surface area (TPSA) is 74.8 Å². The zero-order chi connectivity index (χ0) is 15.0. The molecule has 1 aromatic heterocycles. The normalized spacial score (nSPS) is 12.4. The highest BCUT2D eigenvalue weighted by molar-refractivity contribution is 7.92. The van der Waals surface area contributed by atoms with Crippen molar-refractivity contribution in [3.63, 3.8) is 0 Å². The second kappa shape index (κ2) is 4.78. The number of nitrogens with one attached hydrogen (secondary N) is 2. The van der Waals surface area contributed by atoms with E-state index in [0.29, 0.717) is 6.07 Å². The lowest BCUT2D eigenvalue weighted by molar-refractivity contribution is -0.137. The van der Waals surface area contributed by atoms with E-state index in [1.165, 1.54) is 0 Å². The van der Waals surface area contributed by atoms with Crippen LogP contribution in [-0.4, -0.2) is 18.4 Å². The largest absolute Gasteiger partial charge is 0.418 e. The van der Waals surface area contributed by atoms with E-state index >= 15 is 0 Å². The lowest BCUT2D eigenvalue weighted by Gasteiger charge is -2.14. The molecule has 0 saturated carbocycles. The monoisotopic (exact) mass is 309 g/mol. The molecule has 20 heavy (non-hydrogen) atoms. The fraction of sp³-hybridized carbons (Fsp3) is 0.100. The van der Waals surface area contributed by atoms with Gasteiger partial charge in [0.2, 0.25) is 0 Å². The molecule has 0 bridgehead atoms. The van der Waals surface area contributed by atoms with Crippen LogP contribution in [0.3, 0.4) is 0 Å². The lowest BCUT2D eigenvalue weighted by atomic mass is 10.2. The molecule has 2 N–H and O–H groups in total. The number of hydrogen-bond donors (Lipinski definition) is 2. The number of imidazole rings is 1. The number of alkyl halides is 3. The first-order valence-electron chi connectivity index (χ1n) is 5.08. The molecule has 2 aromatic rings. The average molecular weight is 309 g/mol. The van der Waals surface area contributed by atoms with E-state index in [0.717, 1.165) is 18.6 Å². The van der Waals surface area contributed by atoms with Crippen LogP contribution >= 0.6 is 0 Å². The number of benzene rings is 1. The molecule has 2 rings (SSSR count). The molecule has 5 nitrogen and oxygen atoms in total. The minimum Gasteiger partial charge on any atom is -0.334 e. The van der Waals surface area contributed by atoms with Crippen molar-refractivity contribution in [3.05, 3.63) is 42.1 Å². The number of aromatic amines is 1. The van der Waals surface area contributed by atoms with Crippen LogP contribution in [0.25, 0.3) is 0 Å². The third-order valence-corrected chi connectivity index (χ3v) is 3.58. The molecular weight excluding hydrogens is 302 g/mol. The Balaban J connectivity index is 2.45. The molecular formula is C10H7F4N3O2S. The molecule has 0 amide bonds. The predicted molar refractivity (Wildman–Crippen MR) is 60.8 cm³/mol. The van der Waals surface area contributed by atoms with Crippen molar-refractivity contribution in [1.82, 2.24) is 9.97 Å². The second-order valence-electron chi connectivity index (χ2n) is 3.71. The van der Waals surface area contributed by atoms with Gasteiger partial charge < -0.3 is 4.98 Å². The maximum atomic E-state index is 12.9. The summed E-state index contributed by atoms with van der Waals surface area (Å²) in [6.07, 6.45) is -2.91. The molecule has 1 aromatic carbocycles. The molecule has 0 saturated heterocycles. The van der Waals surface area contributed by atoms with Crippen molar-refractivity contribution in [1.29, 1.82) is 0 Å². The van der Waals surface area contributed by atoms with Gasteiger partial charge in [-0.3, -0.25) is 4.72 Å². The molecule has 0 radical (unpaired) electrons. The summed E-state index contributed by atoms with van der Waals surface area (Å²) in [4.78, 5) is 5.71. The Bertz CT molecular complexity index is 711. The zero-order valence-electron chi connectivity index (χ0n) is 9.57. The van der Waals surface area contributed by atoms with E-state index in [1.54, 1.807) is 4.72 Å². The van der Waals surface area contributed by atoms with Crippen LogP contribution in [0.5, 0.6) is 0 Å². The van der Waals surface area contributed by atoms with Gasteiger partial charge in [0, 0.05) is 0 Å². The molecule has 0 aliphatic carbocycles. The smallest absolute Gasteiger partial charge is 0.334 e. The number of rotatable bonds is 3. The highest BCUT2D eigenvalue weighted by Gasteiger charge is 2.35. The van der Waals surface area contributed by atoms with Crippen LogP contribution in [0, 0.1) is 5.82 Å². The molecule has 108 valence electrons. The Morgan fingerprint density at radius 1 is 1.25 bits per heavy atom. The van der Waals surface area contributed by atoms with Crippen LogP contribution in [0.15, 0.2) is 35.7 Å². The van der Waals surface area contributed by atoms with E-state index in [1.807, 2.05) is 0 Å². The van der Waals surface area contributed by atoms with E-state index in [9.17, 15) is 26.0 Å². The average Bonchev–Trinajstić information content (AvgIpc) is 2.84. The summed E-state index contributed by atoms with van der Waals surface area (Å²) in [5.74, 6) is -1.12. The minimum atomic E-state index is -4.89. The Kier molecular flexibility index (Phi) is 3.42. The molecule has 0 unspecified atom stereocenters. The van der Waals surface area contributed by atoms with E-state index in [4.69, 9.17) is 0 Å². The fourth-order valence-corrected chi connectivity index (χ4v) is 2.41. The number of halogens is 4. The van der Waals surface area contributed by atoms with Gasteiger partial charge in [-0.1, -0.05) is 0 Å².